The number of hydrogen-bond acceptors (Lipinski definition) is 7. The lowest BCUT2D eigenvalue weighted by Gasteiger charge is -2.30. The van der Waals surface area contributed by atoms with Crippen molar-refractivity contribution in [2.75, 3.05) is 40.9 Å². The number of allylic oxidation sites excluding steroid dienone is 9. The number of carbonyl (C=O) groups is 2. The number of esters is 1. The number of unbranched alkanes of at least 4 members (excludes halogenated alkanes) is 34. The molecule has 1 amide bonds. The molecule has 76 heavy (non-hydrogen) atoms. The molecule has 0 saturated carbocycles. The molecule has 1 N–H and O–H groups in total. The van der Waals surface area contributed by atoms with Crippen LogP contribution < -0.4 is 10.2 Å². The SMILES string of the molecule is CCCCC/C=C\C/C=C\C/C=C\C/C=C\CCCC(=O)OC(/C=C/CCCCCCCCCCCC)C(COP(=O)([O-])OCC[N+](C)(C)C)NC(=O)CCCCCCCCCCCCCCCCCCCCCCC. The zero-order valence-electron chi connectivity index (χ0n) is 50.7. The van der Waals surface area contributed by atoms with Crippen molar-refractivity contribution in [3.8, 4) is 0 Å². The van der Waals surface area contributed by atoms with Crippen molar-refractivity contribution in [2.24, 2.45) is 0 Å². The topological polar surface area (TPSA) is 114 Å². The van der Waals surface area contributed by atoms with Gasteiger partial charge < -0.3 is 28.5 Å². The molecular weight excluding hydrogens is 964 g/mol. The van der Waals surface area contributed by atoms with Crippen LogP contribution in [0.1, 0.15) is 297 Å². The van der Waals surface area contributed by atoms with E-state index in [0.29, 0.717) is 23.9 Å². The largest absolute Gasteiger partial charge is 0.756 e. The summed E-state index contributed by atoms with van der Waals surface area (Å²) in [5.41, 5.74) is 0. The molecule has 0 aromatic carbocycles. The summed E-state index contributed by atoms with van der Waals surface area (Å²) in [6.07, 6.45) is 70.6. The van der Waals surface area contributed by atoms with Crippen LogP contribution in [0.5, 0.6) is 0 Å². The highest BCUT2D eigenvalue weighted by Gasteiger charge is 2.27. The van der Waals surface area contributed by atoms with Crippen LogP contribution in [0.25, 0.3) is 0 Å². The van der Waals surface area contributed by atoms with Crippen molar-refractivity contribution in [2.45, 2.75) is 309 Å². The maximum absolute atomic E-state index is 13.5. The van der Waals surface area contributed by atoms with Crippen LogP contribution in [0.2, 0.25) is 0 Å². The van der Waals surface area contributed by atoms with Crippen molar-refractivity contribution >= 4 is 19.7 Å². The predicted molar refractivity (Wildman–Crippen MR) is 325 cm³/mol. The maximum Gasteiger partial charge on any atom is 0.306 e. The standard InChI is InChI=1S/C66H123N2O7P/c1-7-10-13-16-19-22-25-28-30-32-33-34-35-37-38-40-43-46-49-52-55-58-65(69)67-63(62-74-76(71,72)73-61-60-68(4,5)6)64(57-54-51-48-45-42-27-24-21-18-15-12-9-3)75-66(70)59-56-53-50-47-44-41-39-36-31-29-26-23-20-17-14-11-8-2/h20,23,29,31,39,41,47,50,54,57,63-64H,7-19,21-22,24-28,30,32-38,40,42-46,48-49,51-53,55-56,58-62H2,1-6H3,(H-,67,69,71,72)/b23-20-,31-29-,41-39-,50-47-,57-54+. The normalized spacial score (nSPS) is 14.0. The highest BCUT2D eigenvalue weighted by Crippen LogP contribution is 2.38. The number of amides is 1. The fourth-order valence-electron chi connectivity index (χ4n) is 9.22. The fourth-order valence-corrected chi connectivity index (χ4v) is 9.94. The van der Waals surface area contributed by atoms with E-state index in [-0.39, 0.29) is 18.9 Å². The monoisotopic (exact) mass is 1090 g/mol. The molecule has 0 aliphatic carbocycles. The molecule has 3 atom stereocenters. The third-order valence-corrected chi connectivity index (χ3v) is 15.2. The molecule has 0 bridgehead atoms. The summed E-state index contributed by atoms with van der Waals surface area (Å²) >= 11 is 0. The van der Waals surface area contributed by atoms with Gasteiger partial charge in [0.2, 0.25) is 5.91 Å². The first-order valence-corrected chi connectivity index (χ1v) is 33.6. The van der Waals surface area contributed by atoms with Gasteiger partial charge in [-0.25, -0.2) is 0 Å². The second kappa shape index (κ2) is 56.0. The molecule has 0 spiro atoms. The molecule has 444 valence electrons. The van der Waals surface area contributed by atoms with Gasteiger partial charge in [0.05, 0.1) is 33.8 Å². The highest BCUT2D eigenvalue weighted by molar-refractivity contribution is 7.45. The Balaban J connectivity index is 5.25. The minimum absolute atomic E-state index is 0.0304. The number of hydrogen-bond donors (Lipinski definition) is 1. The summed E-state index contributed by atoms with van der Waals surface area (Å²) < 4.78 is 30.3. The number of likely N-dealkylation sites (N-methyl/N-ethyl adjacent to an activating group) is 1. The fraction of sp³-hybridized carbons (Fsp3) is 0.818. The third-order valence-electron chi connectivity index (χ3n) is 14.2. The van der Waals surface area contributed by atoms with Gasteiger partial charge in [0, 0.05) is 12.8 Å². The van der Waals surface area contributed by atoms with Gasteiger partial charge in [0.15, 0.2) is 0 Å². The molecule has 0 rings (SSSR count). The third kappa shape index (κ3) is 56.4. The summed E-state index contributed by atoms with van der Waals surface area (Å²) in [7, 11) is 1.16. The Morgan fingerprint density at radius 1 is 0.461 bits per heavy atom. The summed E-state index contributed by atoms with van der Waals surface area (Å²) in [5.74, 6) is -0.597. The lowest BCUT2D eigenvalue weighted by molar-refractivity contribution is -0.870. The van der Waals surface area contributed by atoms with Gasteiger partial charge in [-0.1, -0.05) is 275 Å². The molecule has 10 heteroatoms. The Kier molecular flexibility index (Phi) is 54.3. The van der Waals surface area contributed by atoms with Crippen molar-refractivity contribution in [1.29, 1.82) is 0 Å². The first kappa shape index (κ1) is 73.7. The van der Waals surface area contributed by atoms with Gasteiger partial charge in [0.25, 0.3) is 7.82 Å². The van der Waals surface area contributed by atoms with Gasteiger partial charge in [-0.2, -0.15) is 0 Å². The van der Waals surface area contributed by atoms with Crippen LogP contribution in [-0.4, -0.2) is 69.4 Å². The number of phosphoric ester groups is 1. The second-order valence-electron chi connectivity index (χ2n) is 22.9. The van der Waals surface area contributed by atoms with E-state index < -0.39 is 32.5 Å². The molecule has 0 aliphatic rings. The predicted octanol–water partition coefficient (Wildman–Crippen LogP) is 19.2. The van der Waals surface area contributed by atoms with E-state index in [1.165, 1.54) is 193 Å². The Bertz CT molecular complexity index is 1490. The summed E-state index contributed by atoms with van der Waals surface area (Å²) in [5, 5.41) is 3.02. The van der Waals surface area contributed by atoms with E-state index in [0.717, 1.165) is 64.2 Å². The second-order valence-corrected chi connectivity index (χ2v) is 24.3. The van der Waals surface area contributed by atoms with Crippen molar-refractivity contribution < 1.29 is 37.3 Å². The van der Waals surface area contributed by atoms with Crippen LogP contribution in [-0.2, 0) is 27.9 Å². The Morgan fingerprint density at radius 2 is 0.816 bits per heavy atom. The molecule has 3 unspecified atom stereocenters. The zero-order valence-corrected chi connectivity index (χ0v) is 51.6. The first-order valence-electron chi connectivity index (χ1n) is 32.1. The number of quaternary nitrogens is 1. The van der Waals surface area contributed by atoms with Crippen molar-refractivity contribution in [3.63, 3.8) is 0 Å². The molecular formula is C66H123N2O7P. The average Bonchev–Trinajstić information content (AvgIpc) is 3.38. The Morgan fingerprint density at radius 3 is 1.25 bits per heavy atom. The molecule has 0 aromatic rings. The molecule has 0 aromatic heterocycles. The average molecular weight is 1090 g/mol. The molecule has 0 heterocycles. The van der Waals surface area contributed by atoms with E-state index in [4.69, 9.17) is 13.8 Å². The maximum atomic E-state index is 13.5. The van der Waals surface area contributed by atoms with Crippen LogP contribution in [0.4, 0.5) is 0 Å². The van der Waals surface area contributed by atoms with Gasteiger partial charge >= 0.3 is 5.97 Å². The van der Waals surface area contributed by atoms with Crippen molar-refractivity contribution in [1.82, 2.24) is 5.32 Å². The lowest BCUT2D eigenvalue weighted by atomic mass is 10.0. The number of carbonyl (C=O) groups excluding carboxylic acids is 2. The van der Waals surface area contributed by atoms with E-state index >= 15 is 0 Å². The summed E-state index contributed by atoms with van der Waals surface area (Å²) in [6.45, 7) is 6.81. The quantitative estimate of drug-likeness (QED) is 0.0212. The van der Waals surface area contributed by atoms with Gasteiger partial charge in [-0.15, -0.1) is 0 Å². The minimum atomic E-state index is -4.71. The van der Waals surface area contributed by atoms with Gasteiger partial charge in [-0.3, -0.25) is 14.2 Å². The van der Waals surface area contributed by atoms with Gasteiger partial charge in [-0.05, 0) is 70.3 Å². The smallest absolute Gasteiger partial charge is 0.306 e. The molecule has 0 radical (unpaired) electrons. The van der Waals surface area contributed by atoms with Crippen LogP contribution in [0.3, 0.4) is 0 Å². The van der Waals surface area contributed by atoms with Crippen LogP contribution in [0.15, 0.2) is 60.8 Å². The van der Waals surface area contributed by atoms with Gasteiger partial charge in [0.1, 0.15) is 19.3 Å². The highest BCUT2D eigenvalue weighted by atomic mass is 31.2. The molecule has 0 fully saturated rings. The van der Waals surface area contributed by atoms with E-state index in [1.54, 1.807) is 0 Å². The van der Waals surface area contributed by atoms with Crippen LogP contribution in [0, 0.1) is 0 Å². The Labute approximate surface area is 471 Å². The van der Waals surface area contributed by atoms with Crippen LogP contribution >= 0.6 is 7.82 Å². The number of nitrogens with one attached hydrogen (secondary N) is 1. The zero-order chi connectivity index (χ0) is 55.7. The summed E-state index contributed by atoms with van der Waals surface area (Å²) in [4.78, 5) is 40.0. The molecule has 9 nitrogen and oxygen atoms in total. The first-order chi connectivity index (χ1) is 36.9. The van der Waals surface area contributed by atoms with E-state index in [2.05, 4.69) is 74.7 Å². The number of ether oxygens (including phenoxy) is 1. The van der Waals surface area contributed by atoms with E-state index in [1.807, 2.05) is 33.3 Å². The van der Waals surface area contributed by atoms with Crippen molar-refractivity contribution in [3.05, 3.63) is 60.8 Å². The molecule has 0 aliphatic heterocycles. The van der Waals surface area contributed by atoms with E-state index in [9.17, 15) is 19.0 Å². The number of phosphoric acid groups is 1. The minimum Gasteiger partial charge on any atom is -0.756 e. The lowest BCUT2D eigenvalue weighted by Crippen LogP contribution is -2.47. The summed E-state index contributed by atoms with van der Waals surface area (Å²) in [6, 6.07) is -0.909. The molecule has 0 saturated heterocycles. The number of rotatable bonds is 58. The Hall–Kier alpha value is -2.29. The number of nitrogens with zero attached hydrogens (tertiary/aromatic N) is 1.